The van der Waals surface area contributed by atoms with Gasteiger partial charge in [0.2, 0.25) is 0 Å². The van der Waals surface area contributed by atoms with Gasteiger partial charge in [0.15, 0.2) is 0 Å². The van der Waals surface area contributed by atoms with Crippen molar-refractivity contribution in [1.29, 1.82) is 0 Å². The quantitative estimate of drug-likeness (QED) is 0.828. The van der Waals surface area contributed by atoms with Crippen LogP contribution in [-0.4, -0.2) is 45.1 Å². The van der Waals surface area contributed by atoms with Crippen LogP contribution in [0, 0.1) is 5.92 Å². The summed E-state index contributed by atoms with van der Waals surface area (Å²) in [4.78, 5) is 22.7. The summed E-state index contributed by atoms with van der Waals surface area (Å²) in [7, 11) is 0. The van der Waals surface area contributed by atoms with Crippen molar-refractivity contribution < 1.29 is 4.79 Å². The average molecular weight is 327 g/mol. The van der Waals surface area contributed by atoms with Crippen LogP contribution in [-0.2, 0) is 13.0 Å². The summed E-state index contributed by atoms with van der Waals surface area (Å²) in [6.45, 7) is 3.30. The van der Waals surface area contributed by atoms with Crippen molar-refractivity contribution in [3.05, 3.63) is 48.8 Å². The second-order valence-corrected chi connectivity index (χ2v) is 6.37. The molecule has 1 saturated heterocycles. The minimum atomic E-state index is 0.0614. The first-order valence-corrected chi connectivity index (χ1v) is 8.69. The summed E-state index contributed by atoms with van der Waals surface area (Å²) in [5.41, 5.74) is 1.07. The van der Waals surface area contributed by atoms with E-state index in [1.807, 2.05) is 41.8 Å². The van der Waals surface area contributed by atoms with Gasteiger partial charge >= 0.3 is 6.03 Å². The van der Waals surface area contributed by atoms with Gasteiger partial charge in [-0.1, -0.05) is 6.07 Å². The number of carbonyl (C=O) groups is 1. The van der Waals surface area contributed by atoms with Gasteiger partial charge in [-0.05, 0) is 43.7 Å². The number of imidazole rings is 1. The van der Waals surface area contributed by atoms with Crippen LogP contribution in [0.1, 0.15) is 25.0 Å². The van der Waals surface area contributed by atoms with E-state index >= 15 is 0 Å². The molecule has 1 aliphatic heterocycles. The molecule has 1 aliphatic rings. The molecular weight excluding hydrogens is 302 g/mol. The minimum absolute atomic E-state index is 0.0614. The van der Waals surface area contributed by atoms with E-state index in [1.54, 1.807) is 6.20 Å². The lowest BCUT2D eigenvalue weighted by Gasteiger charge is -2.33. The van der Waals surface area contributed by atoms with Crippen molar-refractivity contribution in [2.75, 3.05) is 19.6 Å². The molecule has 1 unspecified atom stereocenters. The van der Waals surface area contributed by atoms with Crippen LogP contribution >= 0.6 is 0 Å². The van der Waals surface area contributed by atoms with E-state index < -0.39 is 0 Å². The highest BCUT2D eigenvalue weighted by molar-refractivity contribution is 5.74. The summed E-state index contributed by atoms with van der Waals surface area (Å²) in [5, 5.41) is 3.04. The maximum Gasteiger partial charge on any atom is 0.317 e. The molecule has 0 aliphatic carbocycles. The smallest absolute Gasteiger partial charge is 0.317 e. The Kier molecular flexibility index (Phi) is 5.82. The number of urea groups is 1. The van der Waals surface area contributed by atoms with Gasteiger partial charge in [0.25, 0.3) is 0 Å². The standard InChI is InChI=1S/C18H25N5O/c24-18(21-9-3-7-17-6-1-2-8-20-17)23-11-4-5-16(14-23)13-22-12-10-19-15-22/h1-2,6,8,10,12,15-16H,3-5,7,9,11,13-14H2,(H,21,24). The first-order chi connectivity index (χ1) is 11.8. The fraction of sp³-hybridized carbons (Fsp3) is 0.500. The molecule has 0 bridgehead atoms. The number of pyridine rings is 1. The molecule has 0 spiro atoms. The van der Waals surface area contributed by atoms with Gasteiger partial charge in [0.1, 0.15) is 0 Å². The molecule has 1 fully saturated rings. The maximum atomic E-state index is 12.3. The highest BCUT2D eigenvalue weighted by atomic mass is 16.2. The molecule has 6 heteroatoms. The fourth-order valence-corrected chi connectivity index (χ4v) is 3.21. The number of nitrogens with one attached hydrogen (secondary N) is 1. The normalized spacial score (nSPS) is 17.7. The predicted molar refractivity (Wildman–Crippen MR) is 92.5 cm³/mol. The van der Waals surface area contributed by atoms with Crippen LogP contribution in [0.15, 0.2) is 43.1 Å². The van der Waals surface area contributed by atoms with Crippen molar-refractivity contribution in [3.8, 4) is 0 Å². The van der Waals surface area contributed by atoms with E-state index in [0.717, 1.165) is 44.6 Å². The van der Waals surface area contributed by atoms with Crippen molar-refractivity contribution in [1.82, 2.24) is 24.8 Å². The topological polar surface area (TPSA) is 63.1 Å². The van der Waals surface area contributed by atoms with Gasteiger partial charge < -0.3 is 14.8 Å². The van der Waals surface area contributed by atoms with Crippen LogP contribution in [0.4, 0.5) is 4.79 Å². The van der Waals surface area contributed by atoms with E-state index in [2.05, 4.69) is 19.9 Å². The molecule has 128 valence electrons. The molecule has 2 aromatic heterocycles. The number of carbonyl (C=O) groups excluding carboxylic acids is 1. The van der Waals surface area contributed by atoms with Crippen LogP contribution < -0.4 is 5.32 Å². The third-order valence-electron chi connectivity index (χ3n) is 4.45. The van der Waals surface area contributed by atoms with Crippen molar-refractivity contribution in [2.45, 2.75) is 32.2 Å². The van der Waals surface area contributed by atoms with Crippen LogP contribution in [0.25, 0.3) is 0 Å². The summed E-state index contributed by atoms with van der Waals surface area (Å²) in [5.74, 6) is 0.507. The molecule has 0 saturated carbocycles. The molecule has 24 heavy (non-hydrogen) atoms. The van der Waals surface area contributed by atoms with E-state index in [4.69, 9.17) is 0 Å². The summed E-state index contributed by atoms with van der Waals surface area (Å²) in [6.07, 6.45) is 11.5. The molecule has 2 aromatic rings. The molecule has 1 N–H and O–H groups in total. The molecule has 3 heterocycles. The number of aromatic nitrogens is 3. The van der Waals surface area contributed by atoms with Crippen LogP contribution in [0.2, 0.25) is 0 Å². The second kappa shape index (κ2) is 8.47. The first-order valence-electron chi connectivity index (χ1n) is 8.69. The van der Waals surface area contributed by atoms with Crippen molar-refractivity contribution in [3.63, 3.8) is 0 Å². The molecule has 0 aromatic carbocycles. The number of hydrogen-bond donors (Lipinski definition) is 1. The Morgan fingerprint density at radius 1 is 1.33 bits per heavy atom. The minimum Gasteiger partial charge on any atom is -0.338 e. The van der Waals surface area contributed by atoms with E-state index in [0.29, 0.717) is 12.5 Å². The van der Waals surface area contributed by atoms with Gasteiger partial charge in [-0.25, -0.2) is 9.78 Å². The fourth-order valence-electron chi connectivity index (χ4n) is 3.21. The molecule has 2 amide bonds. The van der Waals surface area contributed by atoms with Crippen LogP contribution in [0.3, 0.4) is 0 Å². The number of aryl methyl sites for hydroxylation is 1. The Hall–Kier alpha value is -2.37. The lowest BCUT2D eigenvalue weighted by atomic mass is 9.98. The van der Waals surface area contributed by atoms with Gasteiger partial charge in [-0.3, -0.25) is 4.98 Å². The number of amides is 2. The summed E-state index contributed by atoms with van der Waals surface area (Å²) < 4.78 is 2.10. The average Bonchev–Trinajstić information content (AvgIpc) is 3.13. The molecular formula is C18H25N5O. The lowest BCUT2D eigenvalue weighted by Crippen LogP contribution is -2.46. The van der Waals surface area contributed by atoms with Crippen molar-refractivity contribution in [2.24, 2.45) is 5.92 Å². The number of hydrogen-bond acceptors (Lipinski definition) is 3. The Labute approximate surface area is 142 Å². The number of likely N-dealkylation sites (tertiary alicyclic amines) is 1. The summed E-state index contributed by atoms with van der Waals surface area (Å²) >= 11 is 0. The molecule has 0 radical (unpaired) electrons. The maximum absolute atomic E-state index is 12.3. The highest BCUT2D eigenvalue weighted by Gasteiger charge is 2.23. The molecule has 6 nitrogen and oxygen atoms in total. The van der Waals surface area contributed by atoms with Gasteiger partial charge in [-0.15, -0.1) is 0 Å². The van der Waals surface area contributed by atoms with Gasteiger partial charge in [0, 0.05) is 50.5 Å². The Morgan fingerprint density at radius 3 is 3.08 bits per heavy atom. The molecule has 3 rings (SSSR count). The summed E-state index contributed by atoms with van der Waals surface area (Å²) in [6, 6.07) is 6.00. The molecule has 1 atom stereocenters. The zero-order valence-corrected chi connectivity index (χ0v) is 14.0. The number of rotatable bonds is 6. The Bertz CT molecular complexity index is 614. The predicted octanol–water partition coefficient (Wildman–Crippen LogP) is 2.33. The van der Waals surface area contributed by atoms with E-state index in [9.17, 15) is 4.79 Å². The monoisotopic (exact) mass is 327 g/mol. The van der Waals surface area contributed by atoms with E-state index in [1.165, 1.54) is 6.42 Å². The largest absolute Gasteiger partial charge is 0.338 e. The lowest BCUT2D eigenvalue weighted by molar-refractivity contribution is 0.159. The Morgan fingerprint density at radius 2 is 2.29 bits per heavy atom. The Balaban J connectivity index is 1.38. The number of nitrogens with zero attached hydrogens (tertiary/aromatic N) is 4. The van der Waals surface area contributed by atoms with Crippen LogP contribution in [0.5, 0.6) is 0 Å². The highest BCUT2D eigenvalue weighted by Crippen LogP contribution is 2.18. The SMILES string of the molecule is O=C(NCCCc1ccccn1)N1CCCC(Cn2ccnc2)C1. The third kappa shape index (κ3) is 4.81. The van der Waals surface area contributed by atoms with Gasteiger partial charge in [-0.2, -0.15) is 0 Å². The third-order valence-corrected chi connectivity index (χ3v) is 4.45. The zero-order valence-electron chi connectivity index (χ0n) is 14.0. The second-order valence-electron chi connectivity index (χ2n) is 6.37. The van der Waals surface area contributed by atoms with Gasteiger partial charge in [0.05, 0.1) is 6.33 Å². The first kappa shape index (κ1) is 16.5. The number of piperidine rings is 1. The van der Waals surface area contributed by atoms with Crippen molar-refractivity contribution >= 4 is 6.03 Å². The zero-order chi connectivity index (χ0) is 16.6. The van der Waals surface area contributed by atoms with E-state index in [-0.39, 0.29) is 6.03 Å².